The van der Waals surface area contributed by atoms with Gasteiger partial charge in [-0.15, -0.1) is 0 Å². The maximum atomic E-state index is 12.1. The summed E-state index contributed by atoms with van der Waals surface area (Å²) in [7, 11) is 0. The molecule has 1 saturated heterocycles. The second-order valence-electron chi connectivity index (χ2n) is 5.41. The Labute approximate surface area is 135 Å². The number of hydrogen-bond acceptors (Lipinski definition) is 3. The summed E-state index contributed by atoms with van der Waals surface area (Å²) in [6, 6.07) is 11.1. The number of hydrogen-bond donors (Lipinski definition) is 1. The van der Waals surface area contributed by atoms with Crippen LogP contribution in [-0.2, 0) is 0 Å². The van der Waals surface area contributed by atoms with Gasteiger partial charge in [0.15, 0.2) is 0 Å². The summed E-state index contributed by atoms with van der Waals surface area (Å²) < 4.78 is 0. The van der Waals surface area contributed by atoms with E-state index in [0.717, 1.165) is 18.8 Å². The number of rotatable bonds is 3. The Balaban J connectivity index is 1.66. The highest BCUT2D eigenvalue weighted by Gasteiger charge is 2.11. The first-order chi connectivity index (χ1) is 10.7. The van der Waals surface area contributed by atoms with Crippen LogP contribution < -0.4 is 10.2 Å². The van der Waals surface area contributed by atoms with Crippen LogP contribution >= 0.6 is 11.6 Å². The first-order valence-corrected chi connectivity index (χ1v) is 7.88. The summed E-state index contributed by atoms with van der Waals surface area (Å²) in [6.07, 6.45) is 5.34. The molecule has 1 aromatic carbocycles. The Kier molecular flexibility index (Phi) is 4.59. The highest BCUT2D eigenvalue weighted by atomic mass is 35.5. The van der Waals surface area contributed by atoms with Gasteiger partial charge in [-0.25, -0.2) is 0 Å². The van der Waals surface area contributed by atoms with Gasteiger partial charge in [0.25, 0.3) is 5.91 Å². The van der Waals surface area contributed by atoms with Gasteiger partial charge in [-0.2, -0.15) is 0 Å². The fourth-order valence-electron chi connectivity index (χ4n) is 2.63. The van der Waals surface area contributed by atoms with Gasteiger partial charge in [0.2, 0.25) is 0 Å². The lowest BCUT2D eigenvalue weighted by molar-refractivity contribution is 0.102. The minimum Gasteiger partial charge on any atom is -0.372 e. The minimum absolute atomic E-state index is 0.256. The van der Waals surface area contributed by atoms with E-state index in [1.165, 1.54) is 31.1 Å². The highest BCUT2D eigenvalue weighted by molar-refractivity contribution is 6.30. The number of benzene rings is 1. The van der Waals surface area contributed by atoms with Crippen molar-refractivity contribution < 1.29 is 4.79 Å². The van der Waals surface area contributed by atoms with Crippen LogP contribution in [0.5, 0.6) is 0 Å². The highest BCUT2D eigenvalue weighted by Crippen LogP contribution is 2.22. The van der Waals surface area contributed by atoms with Gasteiger partial charge in [0, 0.05) is 35.7 Å². The number of carbonyl (C=O) groups excluding carboxylic acids is 1. The second-order valence-corrected chi connectivity index (χ2v) is 5.84. The average molecular weight is 316 g/mol. The molecular weight excluding hydrogens is 298 g/mol. The number of piperidine rings is 1. The molecule has 0 aliphatic carbocycles. The van der Waals surface area contributed by atoms with Crippen molar-refractivity contribution in [1.29, 1.82) is 0 Å². The molecule has 1 fully saturated rings. The standard InChI is InChI=1S/C17H18ClN3O/c18-13-8-9-19-16(12-13)17(22)20-14-4-6-15(7-5-14)21-10-2-1-3-11-21/h4-9,12H,1-3,10-11H2,(H,20,22). The lowest BCUT2D eigenvalue weighted by Gasteiger charge is -2.28. The third-order valence-electron chi connectivity index (χ3n) is 3.80. The summed E-state index contributed by atoms with van der Waals surface area (Å²) >= 11 is 5.87. The van der Waals surface area contributed by atoms with Crippen LogP contribution in [0, 0.1) is 0 Å². The van der Waals surface area contributed by atoms with Gasteiger partial charge in [-0.1, -0.05) is 11.6 Å². The molecule has 1 amide bonds. The number of nitrogens with one attached hydrogen (secondary N) is 1. The maximum Gasteiger partial charge on any atom is 0.274 e. The molecule has 0 bridgehead atoms. The molecule has 2 heterocycles. The fourth-order valence-corrected chi connectivity index (χ4v) is 2.79. The first kappa shape index (κ1) is 14.9. The third-order valence-corrected chi connectivity index (χ3v) is 4.04. The molecule has 0 radical (unpaired) electrons. The first-order valence-electron chi connectivity index (χ1n) is 7.50. The van der Waals surface area contributed by atoms with Crippen molar-refractivity contribution in [3.8, 4) is 0 Å². The fraction of sp³-hybridized carbons (Fsp3) is 0.294. The summed E-state index contributed by atoms with van der Waals surface area (Å²) in [5.41, 5.74) is 2.28. The normalized spacial score (nSPS) is 14.7. The molecule has 2 aromatic rings. The van der Waals surface area contributed by atoms with Crippen LogP contribution in [0.4, 0.5) is 11.4 Å². The topological polar surface area (TPSA) is 45.2 Å². The SMILES string of the molecule is O=C(Nc1ccc(N2CCCCC2)cc1)c1cc(Cl)ccn1. The summed E-state index contributed by atoms with van der Waals surface area (Å²) in [6.45, 7) is 2.22. The minimum atomic E-state index is -0.256. The van der Waals surface area contributed by atoms with Crippen molar-refractivity contribution in [3.05, 3.63) is 53.3 Å². The molecule has 1 N–H and O–H groups in total. The number of pyridine rings is 1. The Bertz CT molecular complexity index is 651. The predicted molar refractivity (Wildman–Crippen MR) is 89.7 cm³/mol. The molecule has 0 unspecified atom stereocenters. The number of carbonyl (C=O) groups is 1. The van der Waals surface area contributed by atoms with Gasteiger partial charge in [-0.3, -0.25) is 9.78 Å². The van der Waals surface area contributed by atoms with E-state index in [1.807, 2.05) is 24.3 Å². The molecule has 1 aliphatic rings. The van der Waals surface area contributed by atoms with E-state index in [-0.39, 0.29) is 5.91 Å². The van der Waals surface area contributed by atoms with Crippen molar-refractivity contribution in [3.63, 3.8) is 0 Å². The van der Waals surface area contributed by atoms with Crippen molar-refractivity contribution in [2.45, 2.75) is 19.3 Å². The monoisotopic (exact) mass is 315 g/mol. The number of nitrogens with zero attached hydrogens (tertiary/aromatic N) is 2. The Morgan fingerprint density at radius 1 is 1.09 bits per heavy atom. The molecule has 3 rings (SSSR count). The summed E-state index contributed by atoms with van der Waals surface area (Å²) in [5.74, 6) is -0.256. The molecule has 22 heavy (non-hydrogen) atoms. The molecule has 0 saturated carbocycles. The Morgan fingerprint density at radius 3 is 2.50 bits per heavy atom. The van der Waals surface area contributed by atoms with Crippen LogP contribution in [0.15, 0.2) is 42.6 Å². The Hall–Kier alpha value is -2.07. The quantitative estimate of drug-likeness (QED) is 0.932. The zero-order chi connectivity index (χ0) is 15.4. The van der Waals surface area contributed by atoms with Gasteiger partial charge in [-0.05, 0) is 55.7 Å². The van der Waals surface area contributed by atoms with Crippen LogP contribution in [0.1, 0.15) is 29.8 Å². The molecule has 5 heteroatoms. The summed E-state index contributed by atoms with van der Waals surface area (Å²) in [5, 5.41) is 3.34. The molecule has 1 aliphatic heterocycles. The van der Waals surface area contributed by atoms with Crippen LogP contribution in [0.3, 0.4) is 0 Å². The number of halogens is 1. The molecule has 114 valence electrons. The molecule has 0 atom stereocenters. The van der Waals surface area contributed by atoms with Crippen LogP contribution in [0.25, 0.3) is 0 Å². The van der Waals surface area contributed by atoms with Crippen LogP contribution in [-0.4, -0.2) is 24.0 Å². The van der Waals surface area contributed by atoms with E-state index < -0.39 is 0 Å². The lowest BCUT2D eigenvalue weighted by Crippen LogP contribution is -2.29. The van der Waals surface area contributed by atoms with Gasteiger partial charge >= 0.3 is 0 Å². The van der Waals surface area contributed by atoms with E-state index in [0.29, 0.717) is 10.7 Å². The van der Waals surface area contributed by atoms with E-state index in [1.54, 1.807) is 12.1 Å². The zero-order valence-corrected chi connectivity index (χ0v) is 13.0. The van der Waals surface area contributed by atoms with Crippen LogP contribution in [0.2, 0.25) is 5.02 Å². The lowest BCUT2D eigenvalue weighted by atomic mass is 10.1. The van der Waals surface area contributed by atoms with Gasteiger partial charge < -0.3 is 10.2 Å². The van der Waals surface area contributed by atoms with Gasteiger partial charge in [0.05, 0.1) is 0 Å². The third kappa shape index (κ3) is 3.57. The number of aromatic nitrogens is 1. The molecular formula is C17H18ClN3O. The van der Waals surface area contributed by atoms with Crippen molar-refractivity contribution in [2.24, 2.45) is 0 Å². The average Bonchev–Trinajstić information content (AvgIpc) is 2.56. The second kappa shape index (κ2) is 6.79. The number of amides is 1. The Morgan fingerprint density at radius 2 is 1.82 bits per heavy atom. The number of anilines is 2. The van der Waals surface area contributed by atoms with E-state index in [9.17, 15) is 4.79 Å². The summed E-state index contributed by atoms with van der Waals surface area (Å²) in [4.78, 5) is 18.5. The molecule has 4 nitrogen and oxygen atoms in total. The molecule has 0 spiro atoms. The van der Waals surface area contributed by atoms with Crippen molar-refractivity contribution in [2.75, 3.05) is 23.3 Å². The largest absolute Gasteiger partial charge is 0.372 e. The van der Waals surface area contributed by atoms with E-state index in [4.69, 9.17) is 11.6 Å². The molecule has 1 aromatic heterocycles. The predicted octanol–water partition coefficient (Wildman–Crippen LogP) is 3.98. The smallest absolute Gasteiger partial charge is 0.274 e. The van der Waals surface area contributed by atoms with Crippen molar-refractivity contribution in [1.82, 2.24) is 4.98 Å². The zero-order valence-electron chi connectivity index (χ0n) is 12.3. The van der Waals surface area contributed by atoms with E-state index in [2.05, 4.69) is 15.2 Å². The van der Waals surface area contributed by atoms with E-state index >= 15 is 0 Å². The van der Waals surface area contributed by atoms with Crippen molar-refractivity contribution >= 4 is 28.9 Å². The van der Waals surface area contributed by atoms with Gasteiger partial charge in [0.1, 0.15) is 5.69 Å². The maximum absolute atomic E-state index is 12.1.